The van der Waals surface area contributed by atoms with Crippen molar-refractivity contribution in [3.05, 3.63) is 0 Å². The van der Waals surface area contributed by atoms with Gasteiger partial charge in [-0.05, 0) is 122 Å². The molecule has 138 valence electrons. The Morgan fingerprint density at radius 2 is 1.44 bits per heavy atom. The van der Waals surface area contributed by atoms with E-state index < -0.39 is 0 Å². The van der Waals surface area contributed by atoms with Crippen molar-refractivity contribution in [3.63, 3.8) is 0 Å². The monoisotopic (exact) mass is 338 g/mol. The van der Waals surface area contributed by atoms with Crippen LogP contribution in [0, 0.1) is 57.7 Å². The highest BCUT2D eigenvalue weighted by atomic mass is 14.8. The molecule has 7 rings (SSSR count). The second-order valence-electron chi connectivity index (χ2n) is 12.3. The maximum absolute atomic E-state index is 2.83. The molecule has 7 saturated carbocycles. The van der Waals surface area contributed by atoms with E-state index in [4.69, 9.17) is 0 Å². The summed E-state index contributed by atoms with van der Waals surface area (Å²) in [4.78, 5) is 0. The van der Waals surface area contributed by atoms with Crippen molar-refractivity contribution in [1.82, 2.24) is 0 Å². The molecule has 25 heavy (non-hydrogen) atoms. The fourth-order valence-corrected chi connectivity index (χ4v) is 11.2. The summed E-state index contributed by atoms with van der Waals surface area (Å²) in [5.74, 6) is 8.19. The quantitative estimate of drug-likeness (QED) is 0.454. The third-order valence-electron chi connectivity index (χ3n) is 12.1. The van der Waals surface area contributed by atoms with Crippen molar-refractivity contribution in [2.75, 3.05) is 0 Å². The smallest absolute Gasteiger partial charge is 0.0210 e. The van der Waals surface area contributed by atoms with Crippen molar-refractivity contribution in [3.8, 4) is 0 Å². The lowest BCUT2D eigenvalue weighted by Gasteiger charge is -2.61. The molecule has 0 nitrogen and oxygen atoms in total. The fraction of sp³-hybridized carbons (Fsp3) is 1.00. The number of hydrogen-bond acceptors (Lipinski definition) is 0. The Bertz CT molecular complexity index is 593. The first-order chi connectivity index (χ1) is 12.2. The summed E-state index contributed by atoms with van der Waals surface area (Å²) >= 11 is 0. The van der Waals surface area contributed by atoms with Crippen LogP contribution in [-0.2, 0) is 0 Å². The van der Waals surface area contributed by atoms with E-state index in [9.17, 15) is 0 Å². The van der Waals surface area contributed by atoms with Crippen molar-refractivity contribution in [2.24, 2.45) is 57.7 Å². The Labute approximate surface area is 154 Å². The summed E-state index contributed by atoms with van der Waals surface area (Å²) in [6.07, 6.45) is 22.6. The molecule has 0 heteroatoms. The van der Waals surface area contributed by atoms with Gasteiger partial charge in [-0.1, -0.05) is 32.6 Å². The van der Waals surface area contributed by atoms with E-state index in [0.717, 1.165) is 39.9 Å². The maximum atomic E-state index is 2.83. The lowest BCUT2D eigenvalue weighted by molar-refractivity contribution is -0.124. The predicted octanol–water partition coefficient (Wildman–Crippen LogP) is 6.84. The first-order valence-corrected chi connectivity index (χ1v) is 12.2. The zero-order valence-electron chi connectivity index (χ0n) is 16.4. The summed E-state index contributed by atoms with van der Waals surface area (Å²) in [5.41, 5.74) is 2.46. The molecular formula is C25H38. The van der Waals surface area contributed by atoms with Gasteiger partial charge in [0.05, 0.1) is 0 Å². The molecule has 8 atom stereocenters. The molecule has 2 spiro atoms. The first-order valence-electron chi connectivity index (χ1n) is 12.2. The van der Waals surface area contributed by atoms with Gasteiger partial charge in [-0.15, -0.1) is 0 Å². The van der Waals surface area contributed by atoms with E-state index in [-0.39, 0.29) is 0 Å². The van der Waals surface area contributed by atoms with Crippen molar-refractivity contribution < 1.29 is 0 Å². The minimum atomic E-state index is 0.760. The molecule has 7 unspecified atom stereocenters. The van der Waals surface area contributed by atoms with E-state index in [1.54, 1.807) is 89.9 Å². The molecule has 0 saturated heterocycles. The summed E-state index contributed by atoms with van der Waals surface area (Å²) in [6, 6.07) is 0. The van der Waals surface area contributed by atoms with Gasteiger partial charge in [0, 0.05) is 0 Å². The normalized spacial score (nSPS) is 59.2. The standard InChI is InChI=1S/C25H38/c1-23-11-8-16-17-6-2-3-7-20(17)24(12-13-24)15-19(16)22(23)18-14-21(18)25(23)9-4-5-10-25/h16-22H,2-15H2,1H3/t16?,17?,18?,19?,20?,21?,22?,23-/m0/s1. The van der Waals surface area contributed by atoms with Crippen LogP contribution in [0.25, 0.3) is 0 Å². The van der Waals surface area contributed by atoms with Gasteiger partial charge in [0.25, 0.3) is 0 Å². The summed E-state index contributed by atoms with van der Waals surface area (Å²) in [6.45, 7) is 2.83. The van der Waals surface area contributed by atoms with Crippen LogP contribution in [0.15, 0.2) is 0 Å². The Kier molecular flexibility index (Phi) is 2.71. The summed E-state index contributed by atoms with van der Waals surface area (Å²) in [5, 5.41) is 0. The largest absolute Gasteiger partial charge is 0.0588 e. The molecular weight excluding hydrogens is 300 g/mol. The minimum Gasteiger partial charge on any atom is -0.0588 e. The van der Waals surface area contributed by atoms with Crippen LogP contribution in [0.5, 0.6) is 0 Å². The van der Waals surface area contributed by atoms with E-state index in [2.05, 4.69) is 6.92 Å². The molecule has 0 aromatic rings. The maximum Gasteiger partial charge on any atom is -0.0210 e. The van der Waals surface area contributed by atoms with Gasteiger partial charge >= 0.3 is 0 Å². The van der Waals surface area contributed by atoms with Crippen LogP contribution in [0.3, 0.4) is 0 Å². The van der Waals surface area contributed by atoms with Gasteiger partial charge in [-0.25, -0.2) is 0 Å². The van der Waals surface area contributed by atoms with E-state index >= 15 is 0 Å². The average Bonchev–Trinajstić information content (AvgIpc) is 3.52. The summed E-state index contributed by atoms with van der Waals surface area (Å²) < 4.78 is 0. The predicted molar refractivity (Wildman–Crippen MR) is 102 cm³/mol. The highest BCUT2D eigenvalue weighted by Crippen LogP contribution is 2.83. The molecule has 0 heterocycles. The fourth-order valence-electron chi connectivity index (χ4n) is 11.2. The molecule has 0 amide bonds. The van der Waals surface area contributed by atoms with Crippen molar-refractivity contribution >= 4 is 0 Å². The molecule has 0 aromatic carbocycles. The van der Waals surface area contributed by atoms with Crippen LogP contribution < -0.4 is 0 Å². The van der Waals surface area contributed by atoms with Crippen LogP contribution in [0.4, 0.5) is 0 Å². The van der Waals surface area contributed by atoms with Crippen LogP contribution in [0.2, 0.25) is 0 Å². The molecule has 0 aliphatic heterocycles. The Morgan fingerprint density at radius 1 is 0.640 bits per heavy atom. The SMILES string of the molecule is C[C@]12CCC3C4CCCCC4C4(CC4)CC3C1C1CC1C21CCCC1. The Hall–Kier alpha value is 0. The molecule has 0 radical (unpaired) electrons. The van der Waals surface area contributed by atoms with E-state index in [0.29, 0.717) is 0 Å². The second kappa shape index (κ2) is 4.52. The lowest BCUT2D eigenvalue weighted by Crippen LogP contribution is -2.54. The zero-order chi connectivity index (χ0) is 16.4. The van der Waals surface area contributed by atoms with Crippen molar-refractivity contribution in [1.29, 1.82) is 0 Å². The topological polar surface area (TPSA) is 0 Å². The van der Waals surface area contributed by atoms with Crippen molar-refractivity contribution in [2.45, 2.75) is 96.8 Å². The van der Waals surface area contributed by atoms with Crippen LogP contribution in [0.1, 0.15) is 96.8 Å². The summed E-state index contributed by atoms with van der Waals surface area (Å²) in [7, 11) is 0. The molecule has 0 bridgehead atoms. The average molecular weight is 339 g/mol. The van der Waals surface area contributed by atoms with Crippen LogP contribution >= 0.6 is 0 Å². The Morgan fingerprint density at radius 3 is 2.24 bits per heavy atom. The minimum absolute atomic E-state index is 0.760. The lowest BCUT2D eigenvalue weighted by atomic mass is 9.44. The highest BCUT2D eigenvalue weighted by Gasteiger charge is 2.76. The molecule has 0 aromatic heterocycles. The van der Waals surface area contributed by atoms with E-state index in [1.807, 2.05) is 0 Å². The molecule has 7 aliphatic carbocycles. The van der Waals surface area contributed by atoms with Crippen LogP contribution in [-0.4, -0.2) is 0 Å². The molecule has 7 aliphatic rings. The van der Waals surface area contributed by atoms with Gasteiger partial charge in [0.2, 0.25) is 0 Å². The molecule has 7 fully saturated rings. The Balaban J connectivity index is 1.30. The second-order valence-corrected chi connectivity index (χ2v) is 12.3. The van der Waals surface area contributed by atoms with Gasteiger partial charge in [-0.2, -0.15) is 0 Å². The first kappa shape index (κ1) is 15.0. The third kappa shape index (κ3) is 1.61. The number of rotatable bonds is 0. The highest BCUT2D eigenvalue weighted by molar-refractivity contribution is 5.25. The number of fused-ring (bicyclic) bond motifs is 10. The van der Waals surface area contributed by atoms with E-state index in [1.165, 1.54) is 17.8 Å². The van der Waals surface area contributed by atoms with Gasteiger partial charge in [0.15, 0.2) is 0 Å². The zero-order valence-corrected chi connectivity index (χ0v) is 16.4. The number of hydrogen-bond donors (Lipinski definition) is 0. The van der Waals surface area contributed by atoms with Gasteiger partial charge in [0.1, 0.15) is 0 Å². The van der Waals surface area contributed by atoms with Gasteiger partial charge in [-0.3, -0.25) is 0 Å². The van der Waals surface area contributed by atoms with Gasteiger partial charge < -0.3 is 0 Å². The third-order valence-corrected chi connectivity index (χ3v) is 12.1. The molecule has 0 N–H and O–H groups in total.